The zero-order chi connectivity index (χ0) is 5.86. The monoisotopic (exact) mass is 97.1 g/mol. The third-order valence-electron chi connectivity index (χ3n) is 0.687. The molecule has 0 aromatic carbocycles. The second kappa shape index (κ2) is 2.56. The van der Waals surface area contributed by atoms with Crippen LogP contribution in [0, 0.1) is 12.8 Å². The smallest absolute Gasteiger partial charge is 0.157 e. The van der Waals surface area contributed by atoms with Crippen LogP contribution >= 0.6 is 0 Å². The predicted octanol–water partition coefficient (Wildman–Crippen LogP) is 1.21. The molecule has 0 aliphatic carbocycles. The number of carbonyl (C=O) groups is 1. The highest BCUT2D eigenvalue weighted by Gasteiger charge is 1.98. The van der Waals surface area contributed by atoms with Gasteiger partial charge in [-0.3, -0.25) is 4.79 Å². The van der Waals surface area contributed by atoms with Gasteiger partial charge in [-0.2, -0.15) is 0 Å². The lowest BCUT2D eigenvalue weighted by Gasteiger charge is -1.92. The van der Waals surface area contributed by atoms with Gasteiger partial charge in [-0.05, 0) is 13.0 Å². The molecule has 0 saturated heterocycles. The highest BCUT2D eigenvalue weighted by Crippen LogP contribution is 1.91. The molecule has 1 heteroatoms. The van der Waals surface area contributed by atoms with Crippen molar-refractivity contribution in [2.24, 2.45) is 5.92 Å². The summed E-state index contributed by atoms with van der Waals surface area (Å²) in [5.74, 6) is -0.141. The van der Waals surface area contributed by atoms with Gasteiger partial charge in [0.25, 0.3) is 0 Å². The van der Waals surface area contributed by atoms with Crippen molar-refractivity contribution in [2.75, 3.05) is 0 Å². The van der Waals surface area contributed by atoms with E-state index in [1.54, 1.807) is 6.92 Å². The van der Waals surface area contributed by atoms with Crippen LogP contribution in [0.1, 0.15) is 6.92 Å². The largest absolute Gasteiger partial charge is 0.295 e. The molecular weight excluding hydrogens is 88.1 g/mol. The Morgan fingerprint density at radius 3 is 2.29 bits per heavy atom. The molecule has 0 rings (SSSR count). The molecule has 0 aromatic heterocycles. The first-order chi connectivity index (χ1) is 3.18. The molecule has 39 valence electrons. The molecule has 7 heavy (non-hydrogen) atoms. The van der Waals surface area contributed by atoms with Crippen molar-refractivity contribution in [3.05, 3.63) is 19.6 Å². The summed E-state index contributed by atoms with van der Waals surface area (Å²) in [4.78, 5) is 10.3. The van der Waals surface area contributed by atoms with E-state index in [1.165, 1.54) is 6.08 Å². The predicted molar refractivity (Wildman–Crippen MR) is 29.7 cm³/mol. The molecule has 0 saturated carbocycles. The normalized spacial score (nSPS) is 9.00. The minimum absolute atomic E-state index is 0.000000000000000222. The van der Waals surface area contributed by atoms with E-state index in [-0.39, 0.29) is 11.7 Å². The lowest BCUT2D eigenvalue weighted by molar-refractivity contribution is -0.116. The molecule has 0 aliphatic heterocycles. The van der Waals surface area contributed by atoms with E-state index in [1.807, 2.05) is 0 Å². The van der Waals surface area contributed by atoms with Gasteiger partial charge in [0.2, 0.25) is 0 Å². The summed E-state index contributed by atoms with van der Waals surface area (Å²) < 4.78 is 0. The zero-order valence-corrected chi connectivity index (χ0v) is 4.48. The van der Waals surface area contributed by atoms with Crippen molar-refractivity contribution >= 4 is 5.78 Å². The van der Waals surface area contributed by atoms with E-state index in [2.05, 4.69) is 13.5 Å². The molecule has 0 aliphatic rings. The number of hydrogen-bond donors (Lipinski definition) is 0. The maximum atomic E-state index is 10.3. The van der Waals surface area contributed by atoms with Gasteiger partial charge in [0, 0.05) is 5.92 Å². The van der Waals surface area contributed by atoms with Crippen LogP contribution in [0.2, 0.25) is 0 Å². The van der Waals surface area contributed by atoms with Crippen molar-refractivity contribution in [3.63, 3.8) is 0 Å². The quantitative estimate of drug-likeness (QED) is 0.473. The van der Waals surface area contributed by atoms with Gasteiger partial charge in [0.05, 0.1) is 0 Å². The summed E-state index contributed by atoms with van der Waals surface area (Å²) in [6.45, 7) is 8.52. The minimum Gasteiger partial charge on any atom is -0.295 e. The van der Waals surface area contributed by atoms with Crippen LogP contribution in [0.5, 0.6) is 0 Å². The van der Waals surface area contributed by atoms with Crippen LogP contribution in [0.15, 0.2) is 12.7 Å². The Kier molecular flexibility index (Phi) is 2.34. The average Bonchev–Trinajstić information content (AvgIpc) is 1.65. The number of hydrogen-bond acceptors (Lipinski definition) is 1. The minimum atomic E-state index is -0.141. The van der Waals surface area contributed by atoms with Crippen molar-refractivity contribution < 1.29 is 4.79 Å². The van der Waals surface area contributed by atoms with Crippen molar-refractivity contribution in [1.29, 1.82) is 0 Å². The molecule has 0 spiro atoms. The molecule has 0 N–H and O–H groups in total. The number of allylic oxidation sites excluding steroid dienone is 1. The Bertz CT molecular complexity index is 82.2. The summed E-state index contributed by atoms with van der Waals surface area (Å²) in [6.07, 6.45) is 1.29. The fraction of sp³-hybridized carbons (Fsp3) is 0.333. The molecule has 0 aromatic rings. The first-order valence-electron chi connectivity index (χ1n) is 2.18. The Labute approximate surface area is 44.0 Å². The third-order valence-corrected chi connectivity index (χ3v) is 0.687. The highest BCUT2D eigenvalue weighted by atomic mass is 16.1. The van der Waals surface area contributed by atoms with E-state index in [9.17, 15) is 4.79 Å². The second-order valence-electron chi connectivity index (χ2n) is 1.51. The standard InChI is InChI=1S/C6H9O/c1-4-6(7)5(2)3/h4-5H,1-2H2,3H3. The molecule has 1 radical (unpaired) electrons. The topological polar surface area (TPSA) is 17.1 Å². The first-order valence-corrected chi connectivity index (χ1v) is 2.18. The molecule has 1 atom stereocenters. The Balaban J connectivity index is 3.56. The maximum absolute atomic E-state index is 10.3. The first kappa shape index (κ1) is 6.41. The van der Waals surface area contributed by atoms with E-state index in [0.29, 0.717) is 0 Å². The van der Waals surface area contributed by atoms with Crippen molar-refractivity contribution in [1.82, 2.24) is 0 Å². The van der Waals surface area contributed by atoms with Crippen LogP contribution in [-0.4, -0.2) is 5.78 Å². The fourth-order valence-corrected chi connectivity index (χ4v) is 0.201. The van der Waals surface area contributed by atoms with Gasteiger partial charge < -0.3 is 0 Å². The van der Waals surface area contributed by atoms with Crippen LogP contribution in [0.4, 0.5) is 0 Å². The van der Waals surface area contributed by atoms with Crippen LogP contribution in [0.3, 0.4) is 0 Å². The van der Waals surface area contributed by atoms with E-state index >= 15 is 0 Å². The van der Waals surface area contributed by atoms with E-state index in [4.69, 9.17) is 0 Å². The van der Waals surface area contributed by atoms with Gasteiger partial charge in [-0.1, -0.05) is 13.5 Å². The lowest BCUT2D eigenvalue weighted by Crippen LogP contribution is -2.01. The van der Waals surface area contributed by atoms with Gasteiger partial charge in [-0.25, -0.2) is 0 Å². The molecule has 0 bridgehead atoms. The lowest BCUT2D eigenvalue weighted by atomic mass is 10.1. The molecule has 0 heterocycles. The summed E-state index contributed by atoms with van der Waals surface area (Å²) >= 11 is 0. The Morgan fingerprint density at radius 1 is 1.86 bits per heavy atom. The number of ketones is 1. The van der Waals surface area contributed by atoms with Crippen LogP contribution < -0.4 is 0 Å². The van der Waals surface area contributed by atoms with Crippen LogP contribution in [-0.2, 0) is 4.79 Å². The fourth-order valence-electron chi connectivity index (χ4n) is 0.201. The molecule has 0 fully saturated rings. The molecule has 1 nitrogen and oxygen atoms in total. The molecular formula is C6H9O. The van der Waals surface area contributed by atoms with Gasteiger partial charge >= 0.3 is 0 Å². The van der Waals surface area contributed by atoms with Crippen molar-refractivity contribution in [3.8, 4) is 0 Å². The Hall–Kier alpha value is -0.590. The maximum Gasteiger partial charge on any atom is 0.157 e. The highest BCUT2D eigenvalue weighted by molar-refractivity contribution is 5.91. The second-order valence-corrected chi connectivity index (χ2v) is 1.51. The number of rotatable bonds is 2. The van der Waals surface area contributed by atoms with Gasteiger partial charge in [0.15, 0.2) is 5.78 Å². The molecule has 1 unspecified atom stereocenters. The van der Waals surface area contributed by atoms with Gasteiger partial charge in [0.1, 0.15) is 0 Å². The SMILES string of the molecule is [CH2]C(C)C(=O)C=C. The van der Waals surface area contributed by atoms with E-state index < -0.39 is 0 Å². The summed E-state index contributed by atoms with van der Waals surface area (Å²) in [7, 11) is 0. The summed E-state index contributed by atoms with van der Waals surface area (Å²) in [5.41, 5.74) is 0. The third kappa shape index (κ3) is 2.15. The number of carbonyl (C=O) groups excluding carboxylic acids is 1. The average molecular weight is 97.1 g/mol. The Morgan fingerprint density at radius 2 is 2.29 bits per heavy atom. The van der Waals surface area contributed by atoms with Crippen LogP contribution in [0.25, 0.3) is 0 Å². The van der Waals surface area contributed by atoms with E-state index in [0.717, 1.165) is 0 Å². The molecule has 0 amide bonds. The summed E-state index contributed by atoms with van der Waals surface area (Å²) in [5, 5.41) is 0. The zero-order valence-electron chi connectivity index (χ0n) is 4.48. The van der Waals surface area contributed by atoms with Gasteiger partial charge in [-0.15, -0.1) is 0 Å². The van der Waals surface area contributed by atoms with Crippen molar-refractivity contribution in [2.45, 2.75) is 6.92 Å². The summed E-state index contributed by atoms with van der Waals surface area (Å²) in [6, 6.07) is 0.